The van der Waals surface area contributed by atoms with Crippen molar-refractivity contribution in [3.05, 3.63) is 81.8 Å². The lowest BCUT2D eigenvalue weighted by atomic mass is 10.1. The number of aromatic amines is 1. The van der Waals surface area contributed by atoms with Crippen molar-refractivity contribution in [1.29, 1.82) is 0 Å². The van der Waals surface area contributed by atoms with E-state index in [9.17, 15) is 9.59 Å². The number of carbonyl (C=O) groups excluding carboxylic acids is 1. The van der Waals surface area contributed by atoms with Gasteiger partial charge in [-0.3, -0.25) is 9.59 Å². The van der Waals surface area contributed by atoms with Crippen LogP contribution < -0.4 is 15.8 Å². The van der Waals surface area contributed by atoms with Gasteiger partial charge in [0, 0.05) is 38.1 Å². The third kappa shape index (κ3) is 4.23. The summed E-state index contributed by atoms with van der Waals surface area (Å²) in [5.74, 6) is 0.363. The molecule has 1 aromatic carbocycles. The lowest BCUT2D eigenvalue weighted by Gasteiger charge is -2.16. The maximum absolute atomic E-state index is 12.5. The summed E-state index contributed by atoms with van der Waals surface area (Å²) < 4.78 is 0. The van der Waals surface area contributed by atoms with Crippen LogP contribution in [0.3, 0.4) is 0 Å². The Morgan fingerprint density at radius 2 is 1.96 bits per heavy atom. The summed E-state index contributed by atoms with van der Waals surface area (Å²) in [5.41, 5.74) is 3.24. The predicted molar refractivity (Wildman–Crippen MR) is 107 cm³/mol. The summed E-state index contributed by atoms with van der Waals surface area (Å²) in [4.78, 5) is 33.8. The van der Waals surface area contributed by atoms with Gasteiger partial charge in [0.05, 0.1) is 0 Å². The Morgan fingerprint density at radius 3 is 2.67 bits per heavy atom. The van der Waals surface area contributed by atoms with Crippen LogP contribution in [0.2, 0.25) is 0 Å². The second-order valence-corrected chi connectivity index (χ2v) is 6.55. The van der Waals surface area contributed by atoms with Crippen molar-refractivity contribution in [2.75, 3.05) is 19.0 Å². The highest BCUT2D eigenvalue weighted by molar-refractivity contribution is 5.94. The second-order valence-electron chi connectivity index (χ2n) is 6.55. The van der Waals surface area contributed by atoms with E-state index in [2.05, 4.69) is 15.3 Å². The van der Waals surface area contributed by atoms with E-state index in [4.69, 9.17) is 0 Å². The lowest BCUT2D eigenvalue weighted by Crippen LogP contribution is -2.30. The normalized spacial score (nSPS) is 10.5. The molecule has 0 spiro atoms. The molecule has 0 unspecified atom stereocenters. The van der Waals surface area contributed by atoms with Crippen molar-refractivity contribution in [1.82, 2.24) is 15.3 Å². The number of amides is 1. The van der Waals surface area contributed by atoms with Gasteiger partial charge < -0.3 is 15.2 Å². The molecule has 0 fully saturated rings. The molecule has 0 aliphatic heterocycles. The van der Waals surface area contributed by atoms with Crippen molar-refractivity contribution >= 4 is 11.7 Å². The molecule has 138 valence electrons. The molecule has 2 N–H and O–H groups in total. The largest absolute Gasteiger partial charge is 0.362 e. The topological polar surface area (TPSA) is 78.1 Å². The molecule has 0 aliphatic rings. The Morgan fingerprint density at radius 1 is 1.15 bits per heavy atom. The second kappa shape index (κ2) is 7.86. The Hall–Kier alpha value is -3.41. The smallest absolute Gasteiger partial charge is 0.261 e. The number of aromatic nitrogens is 2. The Kier molecular flexibility index (Phi) is 5.35. The van der Waals surface area contributed by atoms with Gasteiger partial charge in [-0.05, 0) is 36.8 Å². The first kappa shape index (κ1) is 18.4. The fourth-order valence-corrected chi connectivity index (χ4v) is 2.88. The molecular formula is C21H22N4O2. The highest BCUT2D eigenvalue weighted by atomic mass is 16.2. The fraction of sp³-hybridized carbons (Fsp3) is 0.190. The van der Waals surface area contributed by atoms with E-state index in [0.717, 1.165) is 22.5 Å². The Labute approximate surface area is 157 Å². The molecule has 0 aliphatic carbocycles. The van der Waals surface area contributed by atoms with Crippen LogP contribution in [0, 0.1) is 6.92 Å². The number of benzene rings is 1. The van der Waals surface area contributed by atoms with Crippen molar-refractivity contribution < 1.29 is 4.79 Å². The van der Waals surface area contributed by atoms with Crippen LogP contribution in [-0.2, 0) is 6.54 Å². The first-order chi connectivity index (χ1) is 13.0. The minimum Gasteiger partial charge on any atom is -0.362 e. The number of nitrogens with one attached hydrogen (secondary N) is 2. The molecule has 0 bridgehead atoms. The number of hydrogen-bond acceptors (Lipinski definition) is 4. The van der Waals surface area contributed by atoms with Crippen LogP contribution in [0.4, 0.5) is 5.82 Å². The number of pyridine rings is 2. The van der Waals surface area contributed by atoms with E-state index in [1.165, 1.54) is 0 Å². The van der Waals surface area contributed by atoms with Crippen molar-refractivity contribution in [3.8, 4) is 11.3 Å². The van der Waals surface area contributed by atoms with Gasteiger partial charge >= 0.3 is 0 Å². The van der Waals surface area contributed by atoms with E-state index in [-0.39, 0.29) is 5.56 Å². The lowest BCUT2D eigenvalue weighted by molar-refractivity contribution is 0.0949. The summed E-state index contributed by atoms with van der Waals surface area (Å²) >= 11 is 0. The van der Waals surface area contributed by atoms with Crippen LogP contribution in [-0.4, -0.2) is 30.0 Å². The van der Waals surface area contributed by atoms with Crippen LogP contribution in [0.25, 0.3) is 11.3 Å². The molecular weight excluding hydrogens is 340 g/mol. The van der Waals surface area contributed by atoms with E-state index in [1.807, 2.05) is 62.3 Å². The summed E-state index contributed by atoms with van der Waals surface area (Å²) in [7, 11) is 3.78. The van der Waals surface area contributed by atoms with Gasteiger partial charge in [-0.1, -0.05) is 29.8 Å². The summed E-state index contributed by atoms with van der Waals surface area (Å²) in [5, 5.41) is 2.79. The number of rotatable bonds is 5. The SMILES string of the molecule is Cc1cccc(-c2ccc(C(=O)NCc3cccnc3N(C)C)c(=O)[nH]2)c1. The molecule has 2 aromatic heterocycles. The van der Waals surface area contributed by atoms with E-state index in [1.54, 1.807) is 18.3 Å². The molecule has 27 heavy (non-hydrogen) atoms. The van der Waals surface area contributed by atoms with E-state index in [0.29, 0.717) is 12.2 Å². The maximum atomic E-state index is 12.5. The number of aryl methyl sites for hydroxylation is 1. The fourth-order valence-electron chi connectivity index (χ4n) is 2.88. The van der Waals surface area contributed by atoms with Gasteiger partial charge in [0.1, 0.15) is 11.4 Å². The predicted octanol–water partition coefficient (Wildman–Crippen LogP) is 2.74. The maximum Gasteiger partial charge on any atom is 0.261 e. The zero-order valence-electron chi connectivity index (χ0n) is 15.6. The number of nitrogens with zero attached hydrogens (tertiary/aromatic N) is 2. The molecule has 1 amide bonds. The molecule has 2 heterocycles. The first-order valence-corrected chi connectivity index (χ1v) is 8.65. The first-order valence-electron chi connectivity index (χ1n) is 8.65. The molecule has 6 nitrogen and oxygen atoms in total. The highest BCUT2D eigenvalue weighted by Crippen LogP contribution is 2.17. The zero-order valence-corrected chi connectivity index (χ0v) is 15.6. The third-order valence-corrected chi connectivity index (χ3v) is 4.21. The Balaban J connectivity index is 1.77. The molecule has 0 saturated heterocycles. The van der Waals surface area contributed by atoms with Gasteiger partial charge in [-0.2, -0.15) is 0 Å². The summed E-state index contributed by atoms with van der Waals surface area (Å²) in [6, 6.07) is 14.8. The number of carbonyl (C=O) groups is 1. The minimum atomic E-state index is -0.416. The molecule has 3 rings (SSSR count). The molecule has 0 radical (unpaired) electrons. The minimum absolute atomic E-state index is 0.0849. The quantitative estimate of drug-likeness (QED) is 0.732. The summed E-state index contributed by atoms with van der Waals surface area (Å²) in [6.45, 7) is 2.28. The highest BCUT2D eigenvalue weighted by Gasteiger charge is 2.13. The average molecular weight is 362 g/mol. The Bertz CT molecular complexity index is 1020. The van der Waals surface area contributed by atoms with E-state index >= 15 is 0 Å². The van der Waals surface area contributed by atoms with Crippen molar-refractivity contribution in [3.63, 3.8) is 0 Å². The third-order valence-electron chi connectivity index (χ3n) is 4.21. The standard InChI is InChI=1S/C21H22N4O2/c1-14-6-4-7-15(12-14)18-10-9-17(21(27)24-18)20(26)23-13-16-8-5-11-22-19(16)25(2)3/h4-12H,13H2,1-3H3,(H,23,26)(H,24,27). The van der Waals surface area contributed by atoms with Gasteiger partial charge in [0.15, 0.2) is 0 Å². The van der Waals surface area contributed by atoms with Gasteiger partial charge in [0.25, 0.3) is 11.5 Å². The number of hydrogen-bond donors (Lipinski definition) is 2. The van der Waals surface area contributed by atoms with Crippen molar-refractivity contribution in [2.24, 2.45) is 0 Å². The number of anilines is 1. The average Bonchev–Trinajstić information content (AvgIpc) is 2.66. The molecule has 0 saturated carbocycles. The van der Waals surface area contributed by atoms with E-state index < -0.39 is 11.5 Å². The zero-order chi connectivity index (χ0) is 19.4. The molecule has 0 atom stereocenters. The van der Waals surface area contributed by atoms with Crippen LogP contribution in [0.15, 0.2) is 59.5 Å². The molecule has 3 aromatic rings. The monoisotopic (exact) mass is 362 g/mol. The number of H-pyrrole nitrogens is 1. The van der Waals surface area contributed by atoms with Crippen LogP contribution in [0.1, 0.15) is 21.5 Å². The van der Waals surface area contributed by atoms with Crippen LogP contribution in [0.5, 0.6) is 0 Å². The summed E-state index contributed by atoms with van der Waals surface area (Å²) in [6.07, 6.45) is 1.70. The van der Waals surface area contributed by atoms with Gasteiger partial charge in [0.2, 0.25) is 0 Å². The van der Waals surface area contributed by atoms with Crippen molar-refractivity contribution in [2.45, 2.75) is 13.5 Å². The molecule has 6 heteroatoms. The van der Waals surface area contributed by atoms with Crippen LogP contribution >= 0.6 is 0 Å². The van der Waals surface area contributed by atoms with Gasteiger partial charge in [-0.15, -0.1) is 0 Å². The van der Waals surface area contributed by atoms with Gasteiger partial charge in [-0.25, -0.2) is 4.98 Å².